The molecule has 1 heterocycles. The average Bonchev–Trinajstić information content (AvgIpc) is 2.92. The van der Waals surface area contributed by atoms with Crippen LogP contribution in [0.4, 0.5) is 10.5 Å². The van der Waals surface area contributed by atoms with Crippen LogP contribution in [0.25, 0.3) is 0 Å². The molecule has 1 N–H and O–H groups in total. The van der Waals surface area contributed by atoms with Gasteiger partial charge >= 0.3 is 6.16 Å². The molecule has 1 aliphatic rings. The van der Waals surface area contributed by atoms with Gasteiger partial charge in [0.05, 0.1) is 11.6 Å². The van der Waals surface area contributed by atoms with Gasteiger partial charge in [0.1, 0.15) is 6.61 Å². The largest absolute Gasteiger partial charge is 0.510 e. The summed E-state index contributed by atoms with van der Waals surface area (Å²) in [5, 5.41) is 12.0. The molecule has 0 bridgehead atoms. The normalized spacial score (nSPS) is 17.6. The zero-order valence-electron chi connectivity index (χ0n) is 14.1. The lowest BCUT2D eigenvalue weighted by atomic mass is 9.87. The minimum atomic E-state index is -1.93. The van der Waals surface area contributed by atoms with Crippen molar-refractivity contribution in [1.82, 2.24) is 0 Å². The summed E-state index contributed by atoms with van der Waals surface area (Å²) in [5.41, 5.74) is 0.320. The molecule has 0 fully saturated rings. The smallest absolute Gasteiger partial charge is 0.429 e. The maximum atomic E-state index is 12.6. The van der Waals surface area contributed by atoms with Crippen LogP contribution in [0.5, 0.6) is 0 Å². The molecule has 3 rings (SSSR count). The summed E-state index contributed by atoms with van der Waals surface area (Å²) in [6.45, 7) is 5.44. The van der Waals surface area contributed by atoms with Gasteiger partial charge in [-0.3, -0.25) is 4.79 Å². The first-order valence-corrected chi connectivity index (χ1v) is 7.89. The fraction of sp³-hybridized carbons (Fsp3) is 0.150. The van der Waals surface area contributed by atoms with Crippen molar-refractivity contribution in [3.05, 3.63) is 77.4 Å². The first-order valence-electron chi connectivity index (χ1n) is 7.89. The second-order valence-corrected chi connectivity index (χ2v) is 5.90. The van der Waals surface area contributed by atoms with E-state index in [1.165, 1.54) is 0 Å². The van der Waals surface area contributed by atoms with E-state index in [1.807, 2.05) is 31.2 Å². The van der Waals surface area contributed by atoms with Gasteiger partial charge in [-0.2, -0.15) is 5.26 Å². The molecule has 1 unspecified atom stereocenters. The van der Waals surface area contributed by atoms with Gasteiger partial charge in [-0.25, -0.2) is 4.79 Å². The molecule has 6 heteroatoms. The number of nitriles is 1. The lowest BCUT2D eigenvalue weighted by molar-refractivity contribution is -0.132. The van der Waals surface area contributed by atoms with Gasteiger partial charge in [-0.15, -0.1) is 0 Å². The highest BCUT2D eigenvalue weighted by Gasteiger charge is 2.54. The van der Waals surface area contributed by atoms with Gasteiger partial charge < -0.3 is 14.8 Å². The molecule has 2 aromatic rings. The van der Waals surface area contributed by atoms with Crippen LogP contribution in [0.3, 0.4) is 0 Å². The standard InChI is InChI=1S/C20H16N2O4/c1-13-8-9-17-16(10-13)20(14(2)11-21,18(23)22-17)26-19(24)25-12-15-6-4-3-5-7-15/h3-10H,2,12H2,1H3,(H,22,23). The first kappa shape index (κ1) is 17.2. The Morgan fingerprint density at radius 2 is 2.00 bits per heavy atom. The molecule has 130 valence electrons. The highest BCUT2D eigenvalue weighted by Crippen LogP contribution is 2.44. The second-order valence-electron chi connectivity index (χ2n) is 5.90. The Bertz CT molecular complexity index is 931. The predicted molar refractivity (Wildman–Crippen MR) is 94.0 cm³/mol. The van der Waals surface area contributed by atoms with Gasteiger partial charge in [-0.1, -0.05) is 48.5 Å². The Morgan fingerprint density at radius 1 is 1.27 bits per heavy atom. The Kier molecular flexibility index (Phi) is 4.46. The number of nitrogens with zero attached hydrogens (tertiary/aromatic N) is 1. The van der Waals surface area contributed by atoms with Crippen LogP contribution in [0, 0.1) is 18.3 Å². The summed E-state index contributed by atoms with van der Waals surface area (Å²) in [6.07, 6.45) is -1.06. The quantitative estimate of drug-likeness (QED) is 0.674. The number of carbonyl (C=O) groups excluding carboxylic acids is 2. The number of hydrogen-bond acceptors (Lipinski definition) is 5. The molecule has 1 amide bonds. The zero-order chi connectivity index (χ0) is 18.7. The number of nitrogens with one attached hydrogen (secondary N) is 1. The maximum Gasteiger partial charge on any atom is 0.510 e. The maximum absolute atomic E-state index is 12.6. The van der Waals surface area contributed by atoms with Gasteiger partial charge in [0.15, 0.2) is 0 Å². The third kappa shape index (κ3) is 2.91. The van der Waals surface area contributed by atoms with E-state index in [0.29, 0.717) is 11.3 Å². The van der Waals surface area contributed by atoms with Crippen molar-refractivity contribution in [3.63, 3.8) is 0 Å². The van der Waals surface area contributed by atoms with E-state index < -0.39 is 17.7 Å². The Labute approximate surface area is 150 Å². The number of rotatable bonds is 4. The molecule has 6 nitrogen and oxygen atoms in total. The predicted octanol–water partition coefficient (Wildman–Crippen LogP) is 3.58. The van der Waals surface area contributed by atoms with Crippen molar-refractivity contribution in [1.29, 1.82) is 5.26 Å². The molecule has 0 saturated carbocycles. The Morgan fingerprint density at radius 3 is 2.69 bits per heavy atom. The highest BCUT2D eigenvalue weighted by atomic mass is 16.7. The number of anilines is 1. The van der Waals surface area contributed by atoms with Crippen LogP contribution in [-0.2, 0) is 26.5 Å². The fourth-order valence-corrected chi connectivity index (χ4v) is 2.80. The zero-order valence-corrected chi connectivity index (χ0v) is 14.1. The molecule has 0 spiro atoms. The van der Waals surface area contributed by atoms with Crippen molar-refractivity contribution in [2.75, 3.05) is 5.32 Å². The molecule has 2 aromatic carbocycles. The highest BCUT2D eigenvalue weighted by molar-refractivity contribution is 6.08. The van der Waals surface area contributed by atoms with Gasteiger partial charge in [-0.05, 0) is 24.6 Å². The lowest BCUT2D eigenvalue weighted by Gasteiger charge is -2.26. The van der Waals surface area contributed by atoms with Crippen molar-refractivity contribution in [2.24, 2.45) is 0 Å². The average molecular weight is 348 g/mol. The third-order valence-electron chi connectivity index (χ3n) is 4.12. The summed E-state index contributed by atoms with van der Waals surface area (Å²) in [6, 6.07) is 16.0. The van der Waals surface area contributed by atoms with Crippen LogP contribution in [0.15, 0.2) is 60.7 Å². The molecule has 1 atom stereocenters. The molecule has 1 aliphatic heterocycles. The Balaban J connectivity index is 1.89. The fourth-order valence-electron chi connectivity index (χ4n) is 2.80. The van der Waals surface area contributed by atoms with E-state index in [1.54, 1.807) is 30.3 Å². The summed E-state index contributed by atoms with van der Waals surface area (Å²) >= 11 is 0. The topological polar surface area (TPSA) is 88.4 Å². The number of hydrogen-bond donors (Lipinski definition) is 1. The van der Waals surface area contributed by atoms with E-state index >= 15 is 0 Å². The van der Waals surface area contributed by atoms with E-state index in [9.17, 15) is 14.9 Å². The van der Waals surface area contributed by atoms with Crippen LogP contribution in [0.1, 0.15) is 16.7 Å². The van der Waals surface area contributed by atoms with Crippen molar-refractivity contribution >= 4 is 17.7 Å². The van der Waals surface area contributed by atoms with E-state index in [-0.39, 0.29) is 12.2 Å². The number of aryl methyl sites for hydroxylation is 1. The van der Waals surface area contributed by atoms with Crippen LogP contribution in [-0.4, -0.2) is 12.1 Å². The van der Waals surface area contributed by atoms with Gasteiger partial charge in [0, 0.05) is 11.3 Å². The third-order valence-corrected chi connectivity index (χ3v) is 4.12. The van der Waals surface area contributed by atoms with Crippen LogP contribution in [0.2, 0.25) is 0 Å². The minimum absolute atomic E-state index is 0.0168. The molecule has 0 saturated heterocycles. The van der Waals surface area contributed by atoms with Gasteiger partial charge in [0.2, 0.25) is 0 Å². The number of benzene rings is 2. The molecular weight excluding hydrogens is 332 g/mol. The molecule has 0 aromatic heterocycles. The number of carbonyl (C=O) groups is 2. The Hall–Kier alpha value is -3.59. The summed E-state index contributed by atoms with van der Waals surface area (Å²) in [4.78, 5) is 24.9. The first-order chi connectivity index (χ1) is 12.5. The number of fused-ring (bicyclic) bond motifs is 1. The molecule has 0 aliphatic carbocycles. The second kappa shape index (κ2) is 6.73. The number of ether oxygens (including phenoxy) is 2. The van der Waals surface area contributed by atoms with E-state index in [4.69, 9.17) is 9.47 Å². The SMILES string of the molecule is C=C(C#N)C1(OC(=O)OCc2ccccc2)C(=O)Nc2ccc(C)cc21. The van der Waals surface area contributed by atoms with Crippen LogP contribution >= 0.6 is 0 Å². The lowest BCUT2D eigenvalue weighted by Crippen LogP contribution is -2.40. The van der Waals surface area contributed by atoms with E-state index in [2.05, 4.69) is 11.9 Å². The van der Waals surface area contributed by atoms with Gasteiger partial charge in [0.25, 0.3) is 11.5 Å². The number of amides is 1. The summed E-state index contributed by atoms with van der Waals surface area (Å²) in [7, 11) is 0. The molecule has 0 radical (unpaired) electrons. The van der Waals surface area contributed by atoms with Crippen molar-refractivity contribution in [2.45, 2.75) is 19.1 Å². The molecule has 26 heavy (non-hydrogen) atoms. The van der Waals surface area contributed by atoms with Crippen molar-refractivity contribution < 1.29 is 19.1 Å². The molecular formula is C20H16N2O4. The monoisotopic (exact) mass is 348 g/mol. The summed E-state index contributed by atoms with van der Waals surface area (Å²) in [5.74, 6) is -0.652. The summed E-state index contributed by atoms with van der Waals surface area (Å²) < 4.78 is 10.5. The minimum Gasteiger partial charge on any atom is -0.429 e. The van der Waals surface area contributed by atoms with Crippen LogP contribution < -0.4 is 5.32 Å². The van der Waals surface area contributed by atoms with E-state index in [0.717, 1.165) is 11.1 Å². The van der Waals surface area contributed by atoms with Crippen molar-refractivity contribution in [3.8, 4) is 6.07 Å².